The molecule has 0 aliphatic rings. The molecule has 0 aliphatic heterocycles. The molecule has 5 nitrogen and oxygen atoms in total. The third-order valence-electron chi connectivity index (χ3n) is 4.39. The first kappa shape index (κ1) is 18.3. The molecule has 0 heterocycles. The summed E-state index contributed by atoms with van der Waals surface area (Å²) in [4.78, 5) is 23.4. The highest BCUT2D eigenvalue weighted by molar-refractivity contribution is 5.80. The Morgan fingerprint density at radius 2 is 1.52 bits per heavy atom. The van der Waals surface area contributed by atoms with E-state index in [2.05, 4.69) is 5.32 Å². The standard InChI is InChI=1S/C22H20N2O3/c1-16-11-13-18(14-12-16)22(17-7-3-2-4-8-17)23-21(25)15-19-9-5-6-10-20(19)24(26)27/h2-14,22H,15H2,1H3,(H,23,25). The van der Waals surface area contributed by atoms with Gasteiger partial charge in [0, 0.05) is 11.6 Å². The van der Waals surface area contributed by atoms with Crippen molar-refractivity contribution in [2.45, 2.75) is 19.4 Å². The van der Waals surface area contributed by atoms with Gasteiger partial charge in [0.05, 0.1) is 17.4 Å². The molecule has 3 rings (SSSR count). The summed E-state index contributed by atoms with van der Waals surface area (Å²) >= 11 is 0. The molecule has 3 aromatic rings. The normalized spacial score (nSPS) is 11.6. The van der Waals surface area contributed by atoms with Crippen molar-refractivity contribution < 1.29 is 9.72 Å². The maximum Gasteiger partial charge on any atom is 0.273 e. The van der Waals surface area contributed by atoms with Gasteiger partial charge in [0.25, 0.3) is 5.69 Å². The fourth-order valence-electron chi connectivity index (χ4n) is 2.99. The molecule has 3 aromatic carbocycles. The molecule has 1 unspecified atom stereocenters. The van der Waals surface area contributed by atoms with Gasteiger partial charge >= 0.3 is 0 Å². The van der Waals surface area contributed by atoms with Gasteiger partial charge in [-0.15, -0.1) is 0 Å². The molecule has 5 heteroatoms. The first-order valence-corrected chi connectivity index (χ1v) is 8.68. The summed E-state index contributed by atoms with van der Waals surface area (Å²) in [6.07, 6.45) is -0.0493. The largest absolute Gasteiger partial charge is 0.345 e. The molecule has 1 amide bonds. The molecule has 0 saturated carbocycles. The Hall–Kier alpha value is -3.47. The molecule has 0 bridgehead atoms. The Balaban J connectivity index is 1.85. The van der Waals surface area contributed by atoms with Gasteiger partial charge < -0.3 is 5.32 Å². The van der Waals surface area contributed by atoms with Gasteiger partial charge in [-0.1, -0.05) is 78.4 Å². The quantitative estimate of drug-likeness (QED) is 0.525. The van der Waals surface area contributed by atoms with Crippen molar-refractivity contribution in [2.24, 2.45) is 0 Å². The van der Waals surface area contributed by atoms with Crippen molar-refractivity contribution >= 4 is 11.6 Å². The number of carbonyl (C=O) groups is 1. The number of hydrogen-bond donors (Lipinski definition) is 1. The lowest BCUT2D eigenvalue weighted by Crippen LogP contribution is -2.30. The lowest BCUT2D eigenvalue weighted by molar-refractivity contribution is -0.385. The second-order valence-corrected chi connectivity index (χ2v) is 6.38. The van der Waals surface area contributed by atoms with E-state index in [1.54, 1.807) is 18.2 Å². The van der Waals surface area contributed by atoms with Gasteiger partial charge in [0.2, 0.25) is 5.91 Å². The Labute approximate surface area is 157 Å². The molecular weight excluding hydrogens is 340 g/mol. The van der Waals surface area contributed by atoms with Crippen molar-refractivity contribution in [1.29, 1.82) is 0 Å². The van der Waals surface area contributed by atoms with Crippen molar-refractivity contribution in [3.63, 3.8) is 0 Å². The van der Waals surface area contributed by atoms with Crippen LogP contribution >= 0.6 is 0 Å². The molecule has 0 aliphatic carbocycles. The molecule has 0 saturated heterocycles. The zero-order valence-electron chi connectivity index (χ0n) is 15.0. The van der Waals surface area contributed by atoms with Crippen LogP contribution in [-0.4, -0.2) is 10.8 Å². The Morgan fingerprint density at radius 1 is 0.926 bits per heavy atom. The third-order valence-corrected chi connectivity index (χ3v) is 4.39. The highest BCUT2D eigenvalue weighted by Gasteiger charge is 2.20. The lowest BCUT2D eigenvalue weighted by Gasteiger charge is -2.20. The number of nitrogens with zero attached hydrogens (tertiary/aromatic N) is 1. The average molecular weight is 360 g/mol. The fraction of sp³-hybridized carbons (Fsp3) is 0.136. The minimum absolute atomic E-state index is 0.0424. The number of para-hydroxylation sites is 1. The number of rotatable bonds is 6. The van der Waals surface area contributed by atoms with Gasteiger partial charge in [0.15, 0.2) is 0 Å². The summed E-state index contributed by atoms with van der Waals surface area (Å²) < 4.78 is 0. The predicted molar refractivity (Wildman–Crippen MR) is 104 cm³/mol. The third kappa shape index (κ3) is 4.58. The molecule has 136 valence electrons. The van der Waals surface area contributed by atoms with Crippen molar-refractivity contribution in [3.05, 3.63) is 111 Å². The number of carbonyl (C=O) groups excluding carboxylic acids is 1. The van der Waals surface area contributed by atoms with E-state index in [-0.39, 0.29) is 24.1 Å². The molecule has 1 atom stereocenters. The number of amides is 1. The van der Waals surface area contributed by atoms with Crippen LogP contribution in [0.2, 0.25) is 0 Å². The molecular formula is C22H20N2O3. The molecule has 1 N–H and O–H groups in total. The van der Waals surface area contributed by atoms with Crippen LogP contribution in [0.1, 0.15) is 28.3 Å². The molecule has 0 radical (unpaired) electrons. The summed E-state index contributed by atoms with van der Waals surface area (Å²) in [6, 6.07) is 23.6. The fourth-order valence-corrected chi connectivity index (χ4v) is 2.99. The van der Waals surface area contributed by atoms with E-state index < -0.39 is 4.92 Å². The lowest BCUT2D eigenvalue weighted by atomic mass is 9.97. The smallest absolute Gasteiger partial charge is 0.273 e. The van der Waals surface area contributed by atoms with Crippen molar-refractivity contribution in [2.75, 3.05) is 0 Å². The van der Waals surface area contributed by atoms with Gasteiger partial charge in [-0.05, 0) is 18.1 Å². The van der Waals surface area contributed by atoms with Crippen LogP contribution in [0.5, 0.6) is 0 Å². The monoisotopic (exact) mass is 360 g/mol. The summed E-state index contributed by atoms with van der Waals surface area (Å²) in [5, 5.41) is 14.2. The zero-order chi connectivity index (χ0) is 19.2. The summed E-state index contributed by atoms with van der Waals surface area (Å²) in [5.41, 5.74) is 3.41. The summed E-state index contributed by atoms with van der Waals surface area (Å²) in [6.45, 7) is 2.01. The van der Waals surface area contributed by atoms with E-state index in [0.717, 1.165) is 16.7 Å². The van der Waals surface area contributed by atoms with E-state index >= 15 is 0 Å². The van der Waals surface area contributed by atoms with Crippen LogP contribution in [0, 0.1) is 17.0 Å². The minimum Gasteiger partial charge on any atom is -0.345 e. The van der Waals surface area contributed by atoms with Crippen molar-refractivity contribution in [1.82, 2.24) is 5.32 Å². The number of hydrogen-bond acceptors (Lipinski definition) is 3. The number of aryl methyl sites for hydroxylation is 1. The Morgan fingerprint density at radius 3 is 2.19 bits per heavy atom. The predicted octanol–water partition coefficient (Wildman–Crippen LogP) is 4.35. The van der Waals surface area contributed by atoms with Crippen LogP contribution in [-0.2, 0) is 11.2 Å². The molecule has 0 spiro atoms. The van der Waals surface area contributed by atoms with E-state index in [4.69, 9.17) is 0 Å². The maximum atomic E-state index is 12.7. The number of nitrogens with one attached hydrogen (secondary N) is 1. The number of nitro benzene ring substituents is 1. The van der Waals surface area contributed by atoms with Gasteiger partial charge in [-0.25, -0.2) is 0 Å². The number of benzene rings is 3. The van der Waals surface area contributed by atoms with Crippen molar-refractivity contribution in [3.8, 4) is 0 Å². The van der Waals surface area contributed by atoms with Crippen LogP contribution < -0.4 is 5.32 Å². The van der Waals surface area contributed by atoms with Crippen LogP contribution in [0.4, 0.5) is 5.69 Å². The van der Waals surface area contributed by atoms with E-state index in [1.165, 1.54) is 6.07 Å². The van der Waals surface area contributed by atoms with Crippen LogP contribution in [0.15, 0.2) is 78.9 Å². The molecule has 0 aromatic heterocycles. The Kier molecular flexibility index (Phi) is 5.61. The highest BCUT2D eigenvalue weighted by atomic mass is 16.6. The summed E-state index contributed by atoms with van der Waals surface area (Å²) in [7, 11) is 0. The highest BCUT2D eigenvalue weighted by Crippen LogP contribution is 2.23. The minimum atomic E-state index is -0.461. The maximum absolute atomic E-state index is 12.7. The van der Waals surface area contributed by atoms with Gasteiger partial charge in [0.1, 0.15) is 0 Å². The SMILES string of the molecule is Cc1ccc(C(NC(=O)Cc2ccccc2[N+](=O)[O-])c2ccccc2)cc1. The van der Waals surface area contributed by atoms with E-state index in [1.807, 2.05) is 61.5 Å². The van der Waals surface area contributed by atoms with Gasteiger partial charge in [-0.3, -0.25) is 14.9 Å². The van der Waals surface area contributed by atoms with E-state index in [0.29, 0.717) is 5.56 Å². The topological polar surface area (TPSA) is 72.2 Å². The van der Waals surface area contributed by atoms with E-state index in [9.17, 15) is 14.9 Å². The second kappa shape index (κ2) is 8.27. The van der Waals surface area contributed by atoms with Crippen LogP contribution in [0.3, 0.4) is 0 Å². The summed E-state index contributed by atoms with van der Waals surface area (Å²) in [5.74, 6) is -0.265. The first-order valence-electron chi connectivity index (χ1n) is 8.68. The van der Waals surface area contributed by atoms with Gasteiger partial charge in [-0.2, -0.15) is 0 Å². The first-order chi connectivity index (χ1) is 13.0. The Bertz CT molecular complexity index is 937. The second-order valence-electron chi connectivity index (χ2n) is 6.38. The average Bonchev–Trinajstić information content (AvgIpc) is 2.68. The molecule has 27 heavy (non-hydrogen) atoms. The zero-order valence-corrected chi connectivity index (χ0v) is 15.0. The number of nitro groups is 1. The molecule has 0 fully saturated rings. The van der Waals surface area contributed by atoms with Crippen LogP contribution in [0.25, 0.3) is 0 Å².